The van der Waals surface area contributed by atoms with Crippen molar-refractivity contribution in [1.82, 2.24) is 19.5 Å². The zero-order chi connectivity index (χ0) is 18.3. The lowest BCUT2D eigenvalue weighted by Crippen LogP contribution is -2.13. The van der Waals surface area contributed by atoms with Crippen molar-refractivity contribution in [3.8, 4) is 11.5 Å². The Kier molecular flexibility index (Phi) is 4.38. The van der Waals surface area contributed by atoms with Gasteiger partial charge < -0.3 is 9.67 Å². The summed E-state index contributed by atoms with van der Waals surface area (Å²) in [7, 11) is 0. The first kappa shape index (κ1) is 17.0. The summed E-state index contributed by atoms with van der Waals surface area (Å²) < 4.78 is 1.64. The van der Waals surface area contributed by atoms with E-state index in [1.54, 1.807) is 41.4 Å². The van der Waals surface area contributed by atoms with Crippen LogP contribution in [0.4, 0.5) is 0 Å². The monoisotopic (exact) mass is 388 g/mol. The molecule has 3 aromatic rings. The summed E-state index contributed by atoms with van der Waals surface area (Å²) in [6.07, 6.45) is 6.56. The number of benzene rings is 1. The predicted molar refractivity (Wildman–Crippen MR) is 97.8 cm³/mol. The maximum Gasteiger partial charge on any atom is 0.354 e. The highest BCUT2D eigenvalue weighted by Gasteiger charge is 2.34. The van der Waals surface area contributed by atoms with Crippen LogP contribution in [0, 0.1) is 0 Å². The zero-order valence-corrected chi connectivity index (χ0v) is 15.1. The summed E-state index contributed by atoms with van der Waals surface area (Å²) in [6, 6.07) is 5.12. The average Bonchev–Trinajstić information content (AvgIpc) is 3.40. The molecule has 1 aliphatic rings. The first-order chi connectivity index (χ1) is 12.5. The van der Waals surface area contributed by atoms with Crippen molar-refractivity contribution in [2.24, 2.45) is 0 Å². The van der Waals surface area contributed by atoms with E-state index in [4.69, 9.17) is 23.2 Å². The second kappa shape index (κ2) is 6.70. The zero-order valence-electron chi connectivity index (χ0n) is 13.6. The Balaban J connectivity index is 1.90. The summed E-state index contributed by atoms with van der Waals surface area (Å²) >= 11 is 12.4. The number of aromatic carboxylic acids is 1. The Labute approximate surface area is 159 Å². The standard InChI is InChI=1S/C18H14Cl2N4O2/c19-12-3-4-13(20)11(7-12)9-24-16(18(25)26)15(10-1-2-10)23-17(24)14-8-21-5-6-22-14/h3-8,10H,1-2,9H2,(H,25,26). The third-order valence-electron chi connectivity index (χ3n) is 4.29. The highest BCUT2D eigenvalue weighted by atomic mass is 35.5. The minimum absolute atomic E-state index is 0.171. The van der Waals surface area contributed by atoms with Gasteiger partial charge >= 0.3 is 5.97 Å². The number of aromatic nitrogens is 4. The fourth-order valence-electron chi connectivity index (χ4n) is 2.94. The molecule has 0 aliphatic heterocycles. The fraction of sp³-hybridized carbons (Fsp3) is 0.222. The van der Waals surface area contributed by atoms with Crippen LogP contribution in [0.1, 0.15) is 40.5 Å². The maximum atomic E-state index is 12.0. The molecule has 1 saturated carbocycles. The minimum Gasteiger partial charge on any atom is -0.477 e. The molecular formula is C18H14Cl2N4O2. The lowest BCUT2D eigenvalue weighted by molar-refractivity contribution is 0.0684. The van der Waals surface area contributed by atoms with Crippen LogP contribution in [-0.4, -0.2) is 30.6 Å². The molecular weight excluding hydrogens is 375 g/mol. The van der Waals surface area contributed by atoms with E-state index in [0.29, 0.717) is 32.8 Å². The topological polar surface area (TPSA) is 80.9 Å². The maximum absolute atomic E-state index is 12.0. The van der Waals surface area contributed by atoms with Gasteiger partial charge in [-0.3, -0.25) is 4.98 Å². The molecule has 1 aromatic carbocycles. The molecule has 0 radical (unpaired) electrons. The lowest BCUT2D eigenvalue weighted by Gasteiger charge is -2.12. The quantitative estimate of drug-likeness (QED) is 0.705. The van der Waals surface area contributed by atoms with Gasteiger partial charge in [0, 0.05) is 28.4 Å². The molecule has 0 atom stereocenters. The Morgan fingerprint density at radius 2 is 2.08 bits per heavy atom. The van der Waals surface area contributed by atoms with Crippen LogP contribution in [-0.2, 0) is 6.54 Å². The van der Waals surface area contributed by atoms with Gasteiger partial charge in [0.15, 0.2) is 11.5 Å². The van der Waals surface area contributed by atoms with Crippen LogP contribution in [0.3, 0.4) is 0 Å². The van der Waals surface area contributed by atoms with Crippen LogP contribution in [0.25, 0.3) is 11.5 Å². The van der Waals surface area contributed by atoms with Crippen LogP contribution in [0.5, 0.6) is 0 Å². The van der Waals surface area contributed by atoms with E-state index in [1.165, 1.54) is 0 Å². The number of carboxylic acids is 1. The summed E-state index contributed by atoms with van der Waals surface area (Å²) in [5.41, 5.74) is 1.99. The van der Waals surface area contributed by atoms with E-state index in [0.717, 1.165) is 12.8 Å². The van der Waals surface area contributed by atoms with Gasteiger partial charge in [-0.1, -0.05) is 23.2 Å². The third kappa shape index (κ3) is 3.18. The summed E-state index contributed by atoms with van der Waals surface area (Å²) in [6.45, 7) is 0.229. The third-order valence-corrected chi connectivity index (χ3v) is 4.89. The number of halogens is 2. The molecule has 0 amide bonds. The highest BCUT2D eigenvalue weighted by molar-refractivity contribution is 6.33. The van der Waals surface area contributed by atoms with E-state index in [9.17, 15) is 9.90 Å². The molecule has 2 heterocycles. The van der Waals surface area contributed by atoms with Gasteiger partial charge in [0.2, 0.25) is 0 Å². The Morgan fingerprint density at radius 1 is 1.27 bits per heavy atom. The smallest absolute Gasteiger partial charge is 0.354 e. The van der Waals surface area contributed by atoms with Crippen molar-refractivity contribution in [3.63, 3.8) is 0 Å². The van der Waals surface area contributed by atoms with Gasteiger partial charge in [0.05, 0.1) is 18.4 Å². The van der Waals surface area contributed by atoms with Gasteiger partial charge in [-0.05, 0) is 36.6 Å². The van der Waals surface area contributed by atoms with Crippen molar-refractivity contribution in [1.29, 1.82) is 0 Å². The SMILES string of the molecule is O=C(O)c1c(C2CC2)nc(-c2cnccn2)n1Cc1cc(Cl)ccc1Cl. The molecule has 0 unspecified atom stereocenters. The first-order valence-corrected chi connectivity index (χ1v) is 8.84. The van der Waals surface area contributed by atoms with Crippen molar-refractivity contribution in [3.05, 3.63) is 63.8 Å². The van der Waals surface area contributed by atoms with E-state index in [1.807, 2.05) is 0 Å². The molecule has 2 aromatic heterocycles. The summed E-state index contributed by atoms with van der Waals surface area (Å²) in [5.74, 6) is -0.381. The number of imidazole rings is 1. The van der Waals surface area contributed by atoms with Crippen LogP contribution in [0.15, 0.2) is 36.8 Å². The molecule has 8 heteroatoms. The normalized spacial score (nSPS) is 13.8. The number of carbonyl (C=O) groups is 1. The molecule has 1 N–H and O–H groups in total. The molecule has 1 aliphatic carbocycles. The van der Waals surface area contributed by atoms with Crippen LogP contribution >= 0.6 is 23.2 Å². The molecule has 6 nitrogen and oxygen atoms in total. The molecule has 1 fully saturated rings. The van der Waals surface area contributed by atoms with Gasteiger partial charge in [0.25, 0.3) is 0 Å². The number of nitrogens with zero attached hydrogens (tertiary/aromatic N) is 4. The van der Waals surface area contributed by atoms with Crippen molar-refractivity contribution in [2.45, 2.75) is 25.3 Å². The van der Waals surface area contributed by atoms with Gasteiger partial charge in [0.1, 0.15) is 5.69 Å². The van der Waals surface area contributed by atoms with Crippen molar-refractivity contribution < 1.29 is 9.90 Å². The number of hydrogen-bond acceptors (Lipinski definition) is 4. The van der Waals surface area contributed by atoms with Gasteiger partial charge in [-0.25, -0.2) is 14.8 Å². The van der Waals surface area contributed by atoms with Gasteiger partial charge in [-0.2, -0.15) is 0 Å². The lowest BCUT2D eigenvalue weighted by atomic mass is 10.2. The largest absolute Gasteiger partial charge is 0.477 e. The van der Waals surface area contributed by atoms with Crippen molar-refractivity contribution >= 4 is 29.2 Å². The van der Waals surface area contributed by atoms with E-state index in [-0.39, 0.29) is 18.2 Å². The second-order valence-corrected chi connectivity index (χ2v) is 7.00. The molecule has 0 bridgehead atoms. The Hall–Kier alpha value is -2.44. The van der Waals surface area contributed by atoms with Crippen LogP contribution < -0.4 is 0 Å². The van der Waals surface area contributed by atoms with E-state index < -0.39 is 5.97 Å². The molecule has 132 valence electrons. The van der Waals surface area contributed by atoms with Crippen molar-refractivity contribution in [2.75, 3.05) is 0 Å². The Morgan fingerprint density at radius 3 is 2.73 bits per heavy atom. The summed E-state index contributed by atoms with van der Waals surface area (Å²) in [4.78, 5) is 25.0. The second-order valence-electron chi connectivity index (χ2n) is 6.16. The number of hydrogen-bond donors (Lipinski definition) is 1. The molecule has 26 heavy (non-hydrogen) atoms. The average molecular weight is 389 g/mol. The van der Waals surface area contributed by atoms with Gasteiger partial charge in [-0.15, -0.1) is 0 Å². The highest BCUT2D eigenvalue weighted by Crippen LogP contribution is 2.42. The minimum atomic E-state index is -1.02. The fourth-order valence-corrected chi connectivity index (χ4v) is 3.31. The molecule has 0 spiro atoms. The number of rotatable bonds is 5. The molecule has 4 rings (SSSR count). The Bertz CT molecular complexity index is 984. The van der Waals surface area contributed by atoms with E-state index in [2.05, 4.69) is 15.0 Å². The predicted octanol–water partition coefficient (Wildman–Crippen LogP) is 4.27. The summed E-state index contributed by atoms with van der Waals surface area (Å²) in [5, 5.41) is 10.9. The van der Waals surface area contributed by atoms with E-state index >= 15 is 0 Å². The number of carboxylic acid groups (broad SMARTS) is 1. The first-order valence-electron chi connectivity index (χ1n) is 8.08. The van der Waals surface area contributed by atoms with Crippen LogP contribution in [0.2, 0.25) is 10.0 Å². The molecule has 0 saturated heterocycles.